The smallest absolute Gasteiger partial charge is 0.409 e. The number of carbonyl (C=O) groups excluding carboxylic acids is 1. The van der Waals surface area contributed by atoms with E-state index < -0.39 is 24.3 Å². The van der Waals surface area contributed by atoms with Gasteiger partial charge in [-0.25, -0.2) is 4.79 Å². The highest BCUT2D eigenvalue weighted by molar-refractivity contribution is 5.93. The molecule has 0 spiro atoms. The fourth-order valence-electron chi connectivity index (χ4n) is 5.68. The highest BCUT2D eigenvalue weighted by Gasteiger charge is 2.49. The van der Waals surface area contributed by atoms with Gasteiger partial charge in [-0.1, -0.05) is 53.7 Å². The summed E-state index contributed by atoms with van der Waals surface area (Å²) in [6.45, 7) is 9.41. The second kappa shape index (κ2) is 12.3. The van der Waals surface area contributed by atoms with Crippen LogP contribution in [0.1, 0.15) is 57.6 Å². The van der Waals surface area contributed by atoms with Crippen LogP contribution in [-0.4, -0.2) is 80.5 Å². The van der Waals surface area contributed by atoms with E-state index in [0.29, 0.717) is 32.0 Å². The third-order valence-corrected chi connectivity index (χ3v) is 7.74. The van der Waals surface area contributed by atoms with Crippen molar-refractivity contribution in [2.24, 2.45) is 5.16 Å². The van der Waals surface area contributed by atoms with E-state index in [1.165, 1.54) is 22.3 Å². The monoisotopic (exact) mass is 552 g/mol. The van der Waals surface area contributed by atoms with Crippen molar-refractivity contribution < 1.29 is 33.3 Å². The van der Waals surface area contributed by atoms with Gasteiger partial charge in [-0.15, -0.1) is 0 Å². The number of unbranched alkanes of at least 4 members (excludes halogenated alkanes) is 1. The van der Waals surface area contributed by atoms with E-state index in [9.17, 15) is 4.79 Å². The second-order valence-electron chi connectivity index (χ2n) is 10.9. The van der Waals surface area contributed by atoms with Crippen molar-refractivity contribution in [3.05, 3.63) is 59.7 Å². The van der Waals surface area contributed by atoms with Gasteiger partial charge in [0.05, 0.1) is 0 Å². The van der Waals surface area contributed by atoms with Gasteiger partial charge in [-0.3, -0.25) is 0 Å². The van der Waals surface area contributed by atoms with E-state index >= 15 is 0 Å². The molecule has 1 amide bonds. The number of hydrogen-bond donors (Lipinski definition) is 0. The maximum absolute atomic E-state index is 13.0. The maximum Gasteiger partial charge on any atom is 0.409 e. The molecule has 216 valence electrons. The Labute approximate surface area is 236 Å². The minimum absolute atomic E-state index is 0.0448. The van der Waals surface area contributed by atoms with Crippen LogP contribution in [-0.2, 0) is 28.5 Å². The minimum atomic E-state index is -0.865. The summed E-state index contributed by atoms with van der Waals surface area (Å²) in [4.78, 5) is 20.2. The molecule has 9 heteroatoms. The molecule has 0 radical (unpaired) electrons. The SMILES string of the molecule is CCN(CCCCO[C@H]1[C@@H](OC)O[C@H](C)C2=NOC(C)(C)O[C@@H]21)C(=O)OCC1c2ccccc2-c2ccccc21. The zero-order valence-corrected chi connectivity index (χ0v) is 24.0. The Morgan fingerprint density at radius 1 is 1.05 bits per heavy atom. The molecule has 2 heterocycles. The number of hydrogen-bond acceptors (Lipinski definition) is 8. The topological polar surface area (TPSA) is 88.1 Å². The van der Waals surface area contributed by atoms with Crippen LogP contribution in [0.25, 0.3) is 11.1 Å². The second-order valence-corrected chi connectivity index (χ2v) is 10.9. The Morgan fingerprint density at radius 2 is 1.73 bits per heavy atom. The molecule has 4 atom stereocenters. The molecule has 1 saturated heterocycles. The lowest BCUT2D eigenvalue weighted by atomic mass is 9.98. The summed E-state index contributed by atoms with van der Waals surface area (Å²) < 4.78 is 29.7. The van der Waals surface area contributed by atoms with Crippen LogP contribution in [0.5, 0.6) is 0 Å². The quantitative estimate of drug-likeness (QED) is 0.369. The molecule has 5 rings (SSSR count). The lowest BCUT2D eigenvalue weighted by Crippen LogP contribution is -2.60. The Bertz CT molecular complexity index is 1170. The first-order valence-corrected chi connectivity index (χ1v) is 14.2. The highest BCUT2D eigenvalue weighted by atomic mass is 16.8. The molecule has 3 aliphatic rings. The van der Waals surface area contributed by atoms with Gasteiger partial charge >= 0.3 is 6.09 Å². The van der Waals surface area contributed by atoms with Crippen LogP contribution in [0.15, 0.2) is 53.7 Å². The van der Waals surface area contributed by atoms with Gasteiger partial charge in [0, 0.05) is 46.6 Å². The van der Waals surface area contributed by atoms with E-state index in [-0.39, 0.29) is 18.1 Å². The van der Waals surface area contributed by atoms with Crippen LogP contribution in [0, 0.1) is 0 Å². The molecule has 40 heavy (non-hydrogen) atoms. The first-order chi connectivity index (χ1) is 19.3. The normalized spacial score (nSPS) is 24.8. The number of ether oxygens (including phenoxy) is 5. The molecule has 2 aromatic carbocycles. The van der Waals surface area contributed by atoms with Crippen molar-refractivity contribution in [2.75, 3.05) is 33.4 Å². The average molecular weight is 553 g/mol. The average Bonchev–Trinajstić information content (AvgIpc) is 3.27. The molecule has 9 nitrogen and oxygen atoms in total. The number of carbonyl (C=O) groups is 1. The summed E-state index contributed by atoms with van der Waals surface area (Å²) in [6.07, 6.45) is -0.576. The van der Waals surface area contributed by atoms with Crippen LogP contribution in [0.4, 0.5) is 4.79 Å². The van der Waals surface area contributed by atoms with Crippen molar-refractivity contribution in [1.82, 2.24) is 4.90 Å². The zero-order chi connectivity index (χ0) is 28.3. The van der Waals surface area contributed by atoms with Crippen molar-refractivity contribution in [3.8, 4) is 11.1 Å². The van der Waals surface area contributed by atoms with E-state index in [4.69, 9.17) is 28.5 Å². The van der Waals surface area contributed by atoms with Gasteiger partial charge in [-0.2, -0.15) is 0 Å². The Morgan fingerprint density at radius 3 is 2.38 bits per heavy atom. The fraction of sp³-hybridized carbons (Fsp3) is 0.548. The van der Waals surface area contributed by atoms with Crippen molar-refractivity contribution in [3.63, 3.8) is 0 Å². The predicted molar refractivity (Wildman–Crippen MR) is 150 cm³/mol. The van der Waals surface area contributed by atoms with Gasteiger partial charge < -0.3 is 33.4 Å². The molecule has 0 unspecified atom stereocenters. The first-order valence-electron chi connectivity index (χ1n) is 14.2. The van der Waals surface area contributed by atoms with E-state index in [0.717, 1.165) is 12.8 Å². The summed E-state index contributed by atoms with van der Waals surface area (Å²) >= 11 is 0. The van der Waals surface area contributed by atoms with Crippen LogP contribution in [0.3, 0.4) is 0 Å². The first kappa shape index (κ1) is 28.5. The molecule has 2 aliphatic heterocycles. The van der Waals surface area contributed by atoms with E-state index in [1.807, 2.05) is 52.0 Å². The molecular formula is C31H40N2O7. The van der Waals surface area contributed by atoms with Crippen molar-refractivity contribution >= 4 is 11.8 Å². The van der Waals surface area contributed by atoms with Gasteiger partial charge in [0.15, 0.2) is 6.29 Å². The van der Waals surface area contributed by atoms with E-state index in [2.05, 4.69) is 29.4 Å². The van der Waals surface area contributed by atoms with Crippen molar-refractivity contribution in [2.45, 2.75) is 76.8 Å². The molecule has 0 bridgehead atoms. The molecular weight excluding hydrogens is 512 g/mol. The van der Waals surface area contributed by atoms with Crippen molar-refractivity contribution in [1.29, 1.82) is 0 Å². The number of benzene rings is 2. The van der Waals surface area contributed by atoms with Gasteiger partial charge in [0.1, 0.15) is 30.6 Å². The lowest BCUT2D eigenvalue weighted by molar-refractivity contribution is -0.301. The highest BCUT2D eigenvalue weighted by Crippen LogP contribution is 2.44. The molecule has 0 N–H and O–H groups in total. The number of amides is 1. The maximum atomic E-state index is 13.0. The Hall–Kier alpha value is -2.98. The van der Waals surface area contributed by atoms with Crippen LogP contribution in [0.2, 0.25) is 0 Å². The molecule has 0 saturated carbocycles. The number of nitrogens with zero attached hydrogens (tertiary/aromatic N) is 2. The fourth-order valence-corrected chi connectivity index (χ4v) is 5.68. The van der Waals surface area contributed by atoms with Gasteiger partial charge in [-0.05, 0) is 48.9 Å². The molecule has 0 aromatic heterocycles. The summed E-state index contributed by atoms with van der Waals surface area (Å²) in [6, 6.07) is 16.7. The Kier molecular flexibility index (Phi) is 8.75. The molecule has 1 aliphatic carbocycles. The third kappa shape index (κ3) is 5.88. The van der Waals surface area contributed by atoms with Gasteiger partial charge in [0.2, 0.25) is 5.79 Å². The molecule has 1 fully saturated rings. The summed E-state index contributed by atoms with van der Waals surface area (Å²) in [5.41, 5.74) is 5.50. The summed E-state index contributed by atoms with van der Waals surface area (Å²) in [7, 11) is 1.59. The Balaban J connectivity index is 1.11. The molecule has 2 aromatic rings. The zero-order valence-electron chi connectivity index (χ0n) is 24.0. The number of fused-ring (bicyclic) bond motifs is 4. The summed E-state index contributed by atoms with van der Waals surface area (Å²) in [5, 5.41) is 4.25. The largest absolute Gasteiger partial charge is 0.448 e. The minimum Gasteiger partial charge on any atom is -0.448 e. The van der Waals surface area contributed by atoms with Gasteiger partial charge in [0.25, 0.3) is 0 Å². The predicted octanol–water partition coefficient (Wildman–Crippen LogP) is 5.32. The van der Waals surface area contributed by atoms with E-state index in [1.54, 1.807) is 12.0 Å². The third-order valence-electron chi connectivity index (χ3n) is 7.74. The van der Waals surface area contributed by atoms with Crippen LogP contribution < -0.4 is 0 Å². The number of oxime groups is 1. The standard InChI is InChI=1S/C31H40N2O7/c1-6-33(30(34)37-19-25-23-15-9-7-13-21(23)22-14-8-10-16-24(22)25)17-11-12-18-36-28-27-26(20(2)38-29(28)35-5)32-40-31(3,4)39-27/h7-10,13-16,20,25,27-29H,6,11-12,17-19H2,1-5H3/t20-,27+,28-,29+/m1/s1. The lowest BCUT2D eigenvalue weighted by Gasteiger charge is -2.44. The number of methoxy groups -OCH3 is 1. The number of rotatable bonds is 10. The summed E-state index contributed by atoms with van der Waals surface area (Å²) in [5.74, 6) is -0.820. The van der Waals surface area contributed by atoms with Crippen LogP contribution >= 0.6 is 0 Å².